The molecular formula is C13H22N4. The van der Waals surface area contributed by atoms with E-state index in [4.69, 9.17) is 5.26 Å². The lowest BCUT2D eigenvalue weighted by molar-refractivity contribution is 0.450. The van der Waals surface area contributed by atoms with E-state index in [1.165, 1.54) is 0 Å². The molecule has 0 spiro atoms. The Balaban J connectivity index is 2.85. The van der Waals surface area contributed by atoms with Gasteiger partial charge in [0, 0.05) is 6.54 Å². The van der Waals surface area contributed by atoms with Gasteiger partial charge in [0.15, 0.2) is 0 Å². The average molecular weight is 234 g/mol. The minimum atomic E-state index is 0.367. The number of hydrogen-bond acceptors (Lipinski definition) is 3. The maximum Gasteiger partial charge on any atom is 0.0999 e. The van der Waals surface area contributed by atoms with E-state index in [1.54, 1.807) is 0 Å². The molecule has 0 amide bonds. The highest BCUT2D eigenvalue weighted by Crippen LogP contribution is 2.14. The van der Waals surface area contributed by atoms with Crippen LogP contribution >= 0.6 is 0 Å². The van der Waals surface area contributed by atoms with Gasteiger partial charge in [-0.15, -0.1) is 5.10 Å². The normalized spacial score (nSPS) is 11.1. The molecule has 0 aliphatic rings. The minimum Gasteiger partial charge on any atom is -0.249 e. The van der Waals surface area contributed by atoms with Crippen molar-refractivity contribution < 1.29 is 0 Å². The third-order valence-corrected chi connectivity index (χ3v) is 2.66. The Kier molecular flexibility index (Phi) is 5.14. The molecule has 4 nitrogen and oxygen atoms in total. The van der Waals surface area contributed by atoms with Gasteiger partial charge < -0.3 is 0 Å². The second-order valence-electron chi connectivity index (χ2n) is 5.33. The van der Waals surface area contributed by atoms with Gasteiger partial charge in [0.25, 0.3) is 0 Å². The van der Waals surface area contributed by atoms with Crippen molar-refractivity contribution in [1.82, 2.24) is 15.0 Å². The molecule has 0 fully saturated rings. The van der Waals surface area contributed by atoms with Crippen LogP contribution in [0.15, 0.2) is 0 Å². The molecule has 1 aromatic heterocycles. The van der Waals surface area contributed by atoms with Crippen LogP contribution in [-0.4, -0.2) is 15.0 Å². The van der Waals surface area contributed by atoms with Gasteiger partial charge in [-0.05, 0) is 24.7 Å². The molecule has 0 bridgehead atoms. The minimum absolute atomic E-state index is 0.367. The van der Waals surface area contributed by atoms with Crippen LogP contribution in [0, 0.1) is 23.2 Å². The topological polar surface area (TPSA) is 54.5 Å². The summed E-state index contributed by atoms with van der Waals surface area (Å²) in [5.74, 6) is 1.21. The Morgan fingerprint density at radius 2 is 1.94 bits per heavy atom. The summed E-state index contributed by atoms with van der Waals surface area (Å²) in [4.78, 5) is 0. The second kappa shape index (κ2) is 6.39. The Morgan fingerprint density at radius 1 is 1.24 bits per heavy atom. The number of nitriles is 1. The van der Waals surface area contributed by atoms with Gasteiger partial charge in [0.05, 0.1) is 23.9 Å². The number of aromatic nitrogens is 3. The summed E-state index contributed by atoms with van der Waals surface area (Å²) in [6.07, 6.45) is 2.45. The van der Waals surface area contributed by atoms with Gasteiger partial charge in [-0.2, -0.15) is 5.26 Å². The van der Waals surface area contributed by atoms with Gasteiger partial charge >= 0.3 is 0 Å². The van der Waals surface area contributed by atoms with Crippen LogP contribution in [0.5, 0.6) is 0 Å². The molecule has 94 valence electrons. The summed E-state index contributed by atoms with van der Waals surface area (Å²) in [6, 6.07) is 2.16. The number of nitrogens with zero attached hydrogens (tertiary/aromatic N) is 4. The van der Waals surface area contributed by atoms with E-state index in [2.05, 4.69) is 44.1 Å². The first-order valence-corrected chi connectivity index (χ1v) is 6.32. The predicted molar refractivity (Wildman–Crippen MR) is 67.3 cm³/mol. The fourth-order valence-electron chi connectivity index (χ4n) is 1.77. The maximum atomic E-state index is 8.79. The lowest BCUT2D eigenvalue weighted by Gasteiger charge is -2.10. The highest BCUT2D eigenvalue weighted by atomic mass is 15.4. The lowest BCUT2D eigenvalue weighted by Crippen LogP contribution is -2.11. The highest BCUT2D eigenvalue weighted by molar-refractivity contribution is 5.14. The van der Waals surface area contributed by atoms with E-state index in [1.807, 2.05) is 4.68 Å². The molecule has 0 saturated carbocycles. The van der Waals surface area contributed by atoms with E-state index < -0.39 is 0 Å². The van der Waals surface area contributed by atoms with Crippen molar-refractivity contribution in [1.29, 1.82) is 5.26 Å². The molecule has 0 unspecified atom stereocenters. The zero-order chi connectivity index (χ0) is 12.8. The molecule has 1 heterocycles. The Labute approximate surface area is 104 Å². The summed E-state index contributed by atoms with van der Waals surface area (Å²) in [5, 5.41) is 17.1. The molecule has 0 aromatic carbocycles. The van der Waals surface area contributed by atoms with Gasteiger partial charge in [0.2, 0.25) is 0 Å². The molecule has 0 N–H and O–H groups in total. The van der Waals surface area contributed by atoms with E-state index in [0.29, 0.717) is 18.3 Å². The van der Waals surface area contributed by atoms with E-state index in [-0.39, 0.29) is 0 Å². The zero-order valence-electron chi connectivity index (χ0n) is 11.3. The Hall–Kier alpha value is -1.37. The molecule has 17 heavy (non-hydrogen) atoms. The van der Waals surface area contributed by atoms with Gasteiger partial charge in [-0.3, -0.25) is 0 Å². The van der Waals surface area contributed by atoms with E-state index >= 15 is 0 Å². The molecule has 0 atom stereocenters. The first-order valence-electron chi connectivity index (χ1n) is 6.32. The van der Waals surface area contributed by atoms with Crippen molar-refractivity contribution in [3.8, 4) is 6.07 Å². The Morgan fingerprint density at radius 3 is 2.47 bits per heavy atom. The van der Waals surface area contributed by atoms with Gasteiger partial charge in [0.1, 0.15) is 0 Å². The lowest BCUT2D eigenvalue weighted by atomic mass is 10.0. The van der Waals surface area contributed by atoms with Crippen molar-refractivity contribution >= 4 is 0 Å². The quantitative estimate of drug-likeness (QED) is 0.760. The third-order valence-electron chi connectivity index (χ3n) is 2.66. The van der Waals surface area contributed by atoms with E-state index in [0.717, 1.165) is 30.8 Å². The van der Waals surface area contributed by atoms with Crippen molar-refractivity contribution in [2.45, 2.75) is 53.5 Å². The summed E-state index contributed by atoms with van der Waals surface area (Å²) in [6.45, 7) is 9.63. The SMILES string of the molecule is CC(C)CCc1c(CC#N)nnn1CC(C)C. The first kappa shape index (κ1) is 13.7. The molecule has 1 aromatic rings. The number of hydrogen-bond donors (Lipinski definition) is 0. The molecular weight excluding hydrogens is 212 g/mol. The van der Waals surface area contributed by atoms with Crippen LogP contribution in [0.1, 0.15) is 45.5 Å². The summed E-state index contributed by atoms with van der Waals surface area (Å²) < 4.78 is 1.97. The average Bonchev–Trinajstić information content (AvgIpc) is 2.58. The monoisotopic (exact) mass is 234 g/mol. The van der Waals surface area contributed by atoms with Crippen molar-refractivity contribution in [3.63, 3.8) is 0 Å². The van der Waals surface area contributed by atoms with Crippen LogP contribution < -0.4 is 0 Å². The van der Waals surface area contributed by atoms with Crippen LogP contribution in [0.3, 0.4) is 0 Å². The van der Waals surface area contributed by atoms with Crippen molar-refractivity contribution in [2.24, 2.45) is 11.8 Å². The standard InChI is InChI=1S/C13H22N4/c1-10(2)5-6-13-12(7-8-14)15-16-17(13)9-11(3)4/h10-11H,5-7,9H2,1-4H3. The van der Waals surface area contributed by atoms with Gasteiger partial charge in [-0.1, -0.05) is 32.9 Å². The van der Waals surface area contributed by atoms with Crippen molar-refractivity contribution in [2.75, 3.05) is 0 Å². The second-order valence-corrected chi connectivity index (χ2v) is 5.33. The van der Waals surface area contributed by atoms with Gasteiger partial charge in [-0.25, -0.2) is 4.68 Å². The molecule has 1 rings (SSSR count). The fourth-order valence-corrected chi connectivity index (χ4v) is 1.77. The molecule has 0 aliphatic carbocycles. The summed E-state index contributed by atoms with van der Waals surface area (Å²) in [5.41, 5.74) is 2.00. The zero-order valence-corrected chi connectivity index (χ0v) is 11.3. The van der Waals surface area contributed by atoms with Crippen LogP contribution in [0.2, 0.25) is 0 Å². The van der Waals surface area contributed by atoms with E-state index in [9.17, 15) is 0 Å². The predicted octanol–water partition coefficient (Wildman–Crippen LogP) is 2.59. The van der Waals surface area contributed by atoms with Crippen molar-refractivity contribution in [3.05, 3.63) is 11.4 Å². The van der Waals surface area contributed by atoms with Crippen LogP contribution in [0.4, 0.5) is 0 Å². The first-order chi connectivity index (χ1) is 8.04. The summed E-state index contributed by atoms with van der Waals surface area (Å²) >= 11 is 0. The highest BCUT2D eigenvalue weighted by Gasteiger charge is 2.13. The Bertz CT molecular complexity index is 385. The maximum absolute atomic E-state index is 8.79. The smallest absolute Gasteiger partial charge is 0.0999 e. The fraction of sp³-hybridized carbons (Fsp3) is 0.769. The molecule has 0 saturated heterocycles. The molecule has 4 heteroatoms. The van der Waals surface area contributed by atoms with Crippen LogP contribution in [-0.2, 0) is 19.4 Å². The largest absolute Gasteiger partial charge is 0.249 e. The molecule has 0 radical (unpaired) electrons. The third kappa shape index (κ3) is 4.18. The molecule has 0 aliphatic heterocycles. The number of rotatable bonds is 6. The summed E-state index contributed by atoms with van der Waals surface area (Å²) in [7, 11) is 0. The van der Waals surface area contributed by atoms with Crippen LogP contribution in [0.25, 0.3) is 0 Å².